The van der Waals surface area contributed by atoms with Crippen LogP contribution in [0.15, 0.2) is 0 Å². The molecule has 0 aromatic carbocycles. The average Bonchev–Trinajstić information content (AvgIpc) is 2.40. The van der Waals surface area contributed by atoms with E-state index in [1.807, 2.05) is 4.90 Å². The first-order valence-corrected chi connectivity index (χ1v) is 6.68. The van der Waals surface area contributed by atoms with Crippen molar-refractivity contribution in [3.05, 3.63) is 15.8 Å². The van der Waals surface area contributed by atoms with E-state index in [9.17, 15) is 10.1 Å². The van der Waals surface area contributed by atoms with Crippen molar-refractivity contribution in [2.45, 2.75) is 27.2 Å². The van der Waals surface area contributed by atoms with Crippen LogP contribution in [0.3, 0.4) is 0 Å². The van der Waals surface area contributed by atoms with Gasteiger partial charge in [0.1, 0.15) is 5.69 Å². The van der Waals surface area contributed by atoms with E-state index in [2.05, 4.69) is 29.2 Å². The summed E-state index contributed by atoms with van der Waals surface area (Å²) in [6.07, 6.45) is 0.993. The molecule has 1 aromatic heterocycles. The summed E-state index contributed by atoms with van der Waals surface area (Å²) in [6.45, 7) is 7.46. The number of hydrogen-bond donors (Lipinski definition) is 2. The molecule has 0 spiro atoms. The number of nitrogens with two attached hydrogens (primary N) is 1. The van der Waals surface area contributed by atoms with E-state index in [0.717, 1.165) is 19.5 Å². The van der Waals surface area contributed by atoms with E-state index in [-0.39, 0.29) is 11.6 Å². The van der Waals surface area contributed by atoms with Crippen LogP contribution in [0.5, 0.6) is 0 Å². The summed E-state index contributed by atoms with van der Waals surface area (Å²) in [5.41, 5.74) is 2.64. The Bertz CT molecular complexity index is 521. The first-order valence-electron chi connectivity index (χ1n) is 6.68. The van der Waals surface area contributed by atoms with E-state index in [0.29, 0.717) is 23.3 Å². The standard InChI is InChI=1S/C12H20N6O2/c1-7-4-5-17(6-8(7)2)11-10(18(19)20)9(3)14-12(15-11)16-13/h7-8H,4-6,13H2,1-3H3,(H,14,15,16). The number of piperidine rings is 1. The van der Waals surface area contributed by atoms with Crippen molar-refractivity contribution >= 4 is 17.5 Å². The highest BCUT2D eigenvalue weighted by Crippen LogP contribution is 2.33. The van der Waals surface area contributed by atoms with Gasteiger partial charge in [0, 0.05) is 13.1 Å². The predicted octanol–water partition coefficient (Wildman–Crippen LogP) is 1.46. The molecule has 8 heteroatoms. The molecular formula is C12H20N6O2. The molecule has 0 amide bonds. The topological polar surface area (TPSA) is 110 Å². The third-order valence-electron chi connectivity index (χ3n) is 3.99. The van der Waals surface area contributed by atoms with Gasteiger partial charge in [0.2, 0.25) is 11.8 Å². The summed E-state index contributed by atoms with van der Waals surface area (Å²) in [4.78, 5) is 21.0. The van der Waals surface area contributed by atoms with Crippen LogP contribution in [-0.2, 0) is 0 Å². The Kier molecular flexibility index (Phi) is 4.03. The molecule has 8 nitrogen and oxygen atoms in total. The van der Waals surface area contributed by atoms with Crippen molar-refractivity contribution in [2.24, 2.45) is 17.7 Å². The smallest absolute Gasteiger partial charge is 0.332 e. The summed E-state index contributed by atoms with van der Waals surface area (Å²) in [6, 6.07) is 0. The highest BCUT2D eigenvalue weighted by atomic mass is 16.6. The third kappa shape index (κ3) is 2.64. The Labute approximate surface area is 117 Å². The largest absolute Gasteiger partial charge is 0.350 e. The van der Waals surface area contributed by atoms with Gasteiger partial charge in [-0.05, 0) is 25.2 Å². The van der Waals surface area contributed by atoms with Crippen LogP contribution in [-0.4, -0.2) is 28.0 Å². The minimum absolute atomic E-state index is 0.0363. The van der Waals surface area contributed by atoms with Gasteiger partial charge in [0.05, 0.1) is 4.92 Å². The zero-order valence-electron chi connectivity index (χ0n) is 12.0. The number of aryl methyl sites for hydroxylation is 1. The van der Waals surface area contributed by atoms with E-state index in [1.165, 1.54) is 0 Å². The molecule has 1 saturated heterocycles. The van der Waals surface area contributed by atoms with Crippen molar-refractivity contribution in [1.29, 1.82) is 0 Å². The summed E-state index contributed by atoms with van der Waals surface area (Å²) < 4.78 is 0. The van der Waals surface area contributed by atoms with Crippen LogP contribution in [0.25, 0.3) is 0 Å². The molecule has 0 bridgehead atoms. The molecule has 2 unspecified atom stereocenters. The molecule has 1 aliphatic heterocycles. The maximum atomic E-state index is 11.3. The van der Waals surface area contributed by atoms with Crippen LogP contribution >= 0.6 is 0 Å². The van der Waals surface area contributed by atoms with Crippen molar-refractivity contribution in [3.63, 3.8) is 0 Å². The highest BCUT2D eigenvalue weighted by molar-refractivity contribution is 5.62. The van der Waals surface area contributed by atoms with Gasteiger partial charge in [-0.15, -0.1) is 0 Å². The van der Waals surface area contributed by atoms with Gasteiger partial charge in [-0.2, -0.15) is 4.98 Å². The van der Waals surface area contributed by atoms with Gasteiger partial charge >= 0.3 is 5.69 Å². The van der Waals surface area contributed by atoms with Gasteiger partial charge in [-0.3, -0.25) is 15.5 Å². The van der Waals surface area contributed by atoms with Crippen LogP contribution in [0.4, 0.5) is 17.5 Å². The average molecular weight is 280 g/mol. The normalized spacial score (nSPS) is 22.7. The minimum atomic E-state index is -0.423. The number of nitro groups is 1. The minimum Gasteiger partial charge on any atom is -0.350 e. The molecule has 2 heterocycles. The molecular weight excluding hydrogens is 260 g/mol. The zero-order chi connectivity index (χ0) is 14.9. The van der Waals surface area contributed by atoms with E-state index in [4.69, 9.17) is 5.84 Å². The lowest BCUT2D eigenvalue weighted by molar-refractivity contribution is -0.385. The lowest BCUT2D eigenvalue weighted by atomic mass is 9.88. The maximum Gasteiger partial charge on any atom is 0.332 e. The molecule has 1 aliphatic rings. The van der Waals surface area contributed by atoms with Gasteiger partial charge in [-0.1, -0.05) is 13.8 Å². The second-order valence-electron chi connectivity index (χ2n) is 5.40. The number of nitrogens with zero attached hydrogens (tertiary/aromatic N) is 4. The summed E-state index contributed by atoms with van der Waals surface area (Å²) in [5.74, 6) is 6.97. The molecule has 0 aliphatic carbocycles. The van der Waals surface area contributed by atoms with Crippen LogP contribution in [0.1, 0.15) is 26.0 Å². The van der Waals surface area contributed by atoms with Crippen molar-refractivity contribution < 1.29 is 4.92 Å². The van der Waals surface area contributed by atoms with E-state index < -0.39 is 4.92 Å². The fourth-order valence-corrected chi connectivity index (χ4v) is 2.51. The molecule has 1 aromatic rings. The Morgan fingerprint density at radius 1 is 1.40 bits per heavy atom. The predicted molar refractivity (Wildman–Crippen MR) is 76.4 cm³/mol. The molecule has 110 valence electrons. The Balaban J connectivity index is 2.43. The Morgan fingerprint density at radius 2 is 2.10 bits per heavy atom. The molecule has 20 heavy (non-hydrogen) atoms. The highest BCUT2D eigenvalue weighted by Gasteiger charge is 2.31. The maximum absolute atomic E-state index is 11.3. The van der Waals surface area contributed by atoms with Gasteiger partial charge in [-0.25, -0.2) is 10.8 Å². The number of hydrazine groups is 1. The fourth-order valence-electron chi connectivity index (χ4n) is 2.51. The lowest BCUT2D eigenvalue weighted by Crippen LogP contribution is -2.39. The van der Waals surface area contributed by atoms with Crippen molar-refractivity contribution in [1.82, 2.24) is 9.97 Å². The number of nitrogen functional groups attached to an aromatic ring is 1. The second kappa shape index (κ2) is 5.58. The zero-order valence-corrected chi connectivity index (χ0v) is 12.0. The van der Waals surface area contributed by atoms with Crippen molar-refractivity contribution in [3.8, 4) is 0 Å². The number of hydrogen-bond acceptors (Lipinski definition) is 7. The monoisotopic (exact) mass is 280 g/mol. The van der Waals surface area contributed by atoms with Crippen LogP contribution in [0, 0.1) is 28.9 Å². The first-order chi connectivity index (χ1) is 9.43. The quantitative estimate of drug-likeness (QED) is 0.490. The number of nitrogens with one attached hydrogen (secondary N) is 1. The molecule has 0 saturated carbocycles. The summed E-state index contributed by atoms with van der Waals surface area (Å²) >= 11 is 0. The van der Waals surface area contributed by atoms with Crippen LogP contribution in [0.2, 0.25) is 0 Å². The number of aromatic nitrogens is 2. The fraction of sp³-hybridized carbons (Fsp3) is 0.667. The first kappa shape index (κ1) is 14.4. The molecule has 2 atom stereocenters. The van der Waals surface area contributed by atoms with Crippen LogP contribution < -0.4 is 16.2 Å². The number of rotatable bonds is 3. The summed E-state index contributed by atoms with van der Waals surface area (Å²) in [5, 5.41) is 11.3. The second-order valence-corrected chi connectivity index (χ2v) is 5.40. The lowest BCUT2D eigenvalue weighted by Gasteiger charge is -2.35. The van der Waals surface area contributed by atoms with Gasteiger partial charge in [0.15, 0.2) is 0 Å². The van der Waals surface area contributed by atoms with E-state index >= 15 is 0 Å². The molecule has 3 N–H and O–H groups in total. The molecule has 2 rings (SSSR count). The molecule has 0 radical (unpaired) electrons. The third-order valence-corrected chi connectivity index (χ3v) is 3.99. The van der Waals surface area contributed by atoms with Crippen molar-refractivity contribution in [2.75, 3.05) is 23.4 Å². The summed E-state index contributed by atoms with van der Waals surface area (Å²) in [7, 11) is 0. The Morgan fingerprint density at radius 3 is 2.65 bits per heavy atom. The van der Waals surface area contributed by atoms with Gasteiger partial charge in [0.25, 0.3) is 0 Å². The molecule has 1 fully saturated rings. The SMILES string of the molecule is Cc1nc(NN)nc(N2CCC(C)C(C)C2)c1[N+](=O)[O-]. The van der Waals surface area contributed by atoms with Gasteiger partial charge < -0.3 is 4.90 Å². The Hall–Kier alpha value is -1.96. The van der Waals surface area contributed by atoms with E-state index in [1.54, 1.807) is 6.92 Å². The number of anilines is 2.